The molecule has 0 saturated carbocycles. The van der Waals surface area contributed by atoms with Crippen molar-refractivity contribution in [1.29, 1.82) is 0 Å². The Labute approximate surface area is 84.4 Å². The molecule has 0 aromatic carbocycles. The number of piperidine rings is 1. The van der Waals surface area contributed by atoms with Crippen LogP contribution < -0.4 is 5.32 Å². The molecule has 0 radical (unpaired) electrons. The van der Waals surface area contributed by atoms with Crippen molar-refractivity contribution in [2.45, 2.75) is 25.4 Å². The Hall–Kier alpha value is -0.800. The molecule has 1 fully saturated rings. The minimum absolute atomic E-state index is 0.574. The van der Waals surface area contributed by atoms with E-state index < -0.39 is 0 Å². The van der Waals surface area contributed by atoms with Crippen LogP contribution in [0.5, 0.6) is 0 Å². The maximum Gasteiger partial charge on any atom is 0.129 e. The molecule has 0 bridgehead atoms. The second-order valence-electron chi connectivity index (χ2n) is 3.76. The summed E-state index contributed by atoms with van der Waals surface area (Å²) in [7, 11) is 1.69. The zero-order valence-electron chi connectivity index (χ0n) is 8.58. The van der Waals surface area contributed by atoms with E-state index in [-0.39, 0.29) is 0 Å². The van der Waals surface area contributed by atoms with Crippen LogP contribution in [0.15, 0.2) is 16.5 Å². The second-order valence-corrected chi connectivity index (χ2v) is 3.76. The largest absolute Gasteiger partial charge is 0.463 e. The van der Waals surface area contributed by atoms with Crippen molar-refractivity contribution in [2.24, 2.45) is 0 Å². The fraction of sp³-hybridized carbons (Fsp3) is 0.636. The molecule has 0 spiro atoms. The van der Waals surface area contributed by atoms with Crippen LogP contribution in [0.25, 0.3) is 0 Å². The number of ether oxygens (including phenoxy) is 1. The number of hydrogen-bond donors (Lipinski definition) is 1. The predicted octanol–water partition coefficient (Wildman–Crippen LogP) is 1.89. The Morgan fingerprint density at radius 3 is 2.93 bits per heavy atom. The third-order valence-electron chi connectivity index (χ3n) is 2.71. The molecule has 1 aliphatic heterocycles. The Kier molecular flexibility index (Phi) is 3.22. The average Bonchev–Trinajstić information content (AvgIpc) is 2.68. The van der Waals surface area contributed by atoms with E-state index in [1.165, 1.54) is 12.8 Å². The summed E-state index contributed by atoms with van der Waals surface area (Å²) in [5, 5.41) is 3.35. The normalized spacial score (nSPS) is 18.6. The minimum Gasteiger partial charge on any atom is -0.463 e. The lowest BCUT2D eigenvalue weighted by Gasteiger charge is -2.20. The molecule has 2 rings (SSSR count). The quantitative estimate of drug-likeness (QED) is 0.799. The van der Waals surface area contributed by atoms with Gasteiger partial charge in [0.05, 0.1) is 0 Å². The fourth-order valence-corrected chi connectivity index (χ4v) is 1.94. The van der Waals surface area contributed by atoms with Gasteiger partial charge in [0.2, 0.25) is 0 Å². The van der Waals surface area contributed by atoms with Gasteiger partial charge >= 0.3 is 0 Å². The Balaban J connectivity index is 2.00. The van der Waals surface area contributed by atoms with E-state index in [9.17, 15) is 0 Å². The molecule has 1 aliphatic rings. The van der Waals surface area contributed by atoms with Gasteiger partial charge in [-0.2, -0.15) is 0 Å². The SMILES string of the molecule is COCc1ccc(C2CCNCC2)o1. The summed E-state index contributed by atoms with van der Waals surface area (Å²) in [5.41, 5.74) is 0. The molecular formula is C11H17NO2. The summed E-state index contributed by atoms with van der Waals surface area (Å²) in [5.74, 6) is 2.65. The molecule has 78 valence electrons. The third-order valence-corrected chi connectivity index (χ3v) is 2.71. The molecule has 3 nitrogen and oxygen atoms in total. The Morgan fingerprint density at radius 2 is 2.21 bits per heavy atom. The zero-order valence-corrected chi connectivity index (χ0v) is 8.58. The first-order valence-electron chi connectivity index (χ1n) is 5.18. The number of methoxy groups -OCH3 is 1. The van der Waals surface area contributed by atoms with Gasteiger partial charge in [0.15, 0.2) is 0 Å². The summed E-state index contributed by atoms with van der Waals surface area (Å²) in [4.78, 5) is 0. The molecule has 0 amide bonds. The lowest BCUT2D eigenvalue weighted by Crippen LogP contribution is -2.26. The smallest absolute Gasteiger partial charge is 0.129 e. The van der Waals surface area contributed by atoms with E-state index >= 15 is 0 Å². The maximum atomic E-state index is 5.71. The highest BCUT2D eigenvalue weighted by Gasteiger charge is 2.18. The van der Waals surface area contributed by atoms with Gasteiger partial charge in [-0.3, -0.25) is 0 Å². The molecular weight excluding hydrogens is 178 g/mol. The molecule has 0 aliphatic carbocycles. The van der Waals surface area contributed by atoms with E-state index in [0.29, 0.717) is 12.5 Å². The van der Waals surface area contributed by atoms with Crippen molar-refractivity contribution >= 4 is 0 Å². The lowest BCUT2D eigenvalue weighted by molar-refractivity contribution is 0.161. The first-order valence-corrected chi connectivity index (χ1v) is 5.18. The van der Waals surface area contributed by atoms with Crippen LogP contribution in [0.3, 0.4) is 0 Å². The molecule has 0 atom stereocenters. The fourth-order valence-electron chi connectivity index (χ4n) is 1.94. The van der Waals surface area contributed by atoms with E-state index in [1.54, 1.807) is 7.11 Å². The Morgan fingerprint density at radius 1 is 1.43 bits per heavy atom. The second kappa shape index (κ2) is 4.62. The number of rotatable bonds is 3. The molecule has 1 aromatic heterocycles. The summed E-state index contributed by atoms with van der Waals surface area (Å²) in [6, 6.07) is 4.10. The van der Waals surface area contributed by atoms with Crippen molar-refractivity contribution in [2.75, 3.05) is 20.2 Å². The molecule has 14 heavy (non-hydrogen) atoms. The standard InChI is InChI=1S/C11H17NO2/c1-13-8-10-2-3-11(14-10)9-4-6-12-7-5-9/h2-3,9,12H,4-8H2,1H3. The zero-order chi connectivity index (χ0) is 9.80. The van der Waals surface area contributed by atoms with Gasteiger partial charge in [0.25, 0.3) is 0 Å². The highest BCUT2D eigenvalue weighted by Crippen LogP contribution is 2.26. The monoisotopic (exact) mass is 195 g/mol. The van der Waals surface area contributed by atoms with Crippen LogP contribution in [-0.4, -0.2) is 20.2 Å². The van der Waals surface area contributed by atoms with Crippen LogP contribution in [0.4, 0.5) is 0 Å². The lowest BCUT2D eigenvalue weighted by atomic mass is 9.96. The van der Waals surface area contributed by atoms with Gasteiger partial charge in [-0.15, -0.1) is 0 Å². The minimum atomic E-state index is 0.574. The van der Waals surface area contributed by atoms with Crippen LogP contribution in [0.1, 0.15) is 30.3 Å². The molecule has 1 N–H and O–H groups in total. The van der Waals surface area contributed by atoms with Gasteiger partial charge < -0.3 is 14.5 Å². The number of hydrogen-bond acceptors (Lipinski definition) is 3. The third kappa shape index (κ3) is 2.16. The van der Waals surface area contributed by atoms with E-state index in [2.05, 4.69) is 11.4 Å². The summed E-state index contributed by atoms with van der Waals surface area (Å²) in [6.07, 6.45) is 2.36. The van der Waals surface area contributed by atoms with Crippen LogP contribution >= 0.6 is 0 Å². The van der Waals surface area contributed by atoms with Crippen LogP contribution in [-0.2, 0) is 11.3 Å². The van der Waals surface area contributed by atoms with Crippen molar-refractivity contribution in [3.05, 3.63) is 23.7 Å². The van der Waals surface area contributed by atoms with Gasteiger partial charge in [0.1, 0.15) is 18.1 Å². The topological polar surface area (TPSA) is 34.4 Å². The van der Waals surface area contributed by atoms with Crippen molar-refractivity contribution in [1.82, 2.24) is 5.32 Å². The average molecular weight is 195 g/mol. The summed E-state index contributed by atoms with van der Waals surface area (Å²) in [6.45, 7) is 2.78. The number of furan rings is 1. The molecule has 0 unspecified atom stereocenters. The van der Waals surface area contributed by atoms with Crippen molar-refractivity contribution < 1.29 is 9.15 Å². The van der Waals surface area contributed by atoms with Gasteiger partial charge in [-0.1, -0.05) is 0 Å². The van der Waals surface area contributed by atoms with E-state index in [0.717, 1.165) is 24.6 Å². The van der Waals surface area contributed by atoms with Gasteiger partial charge in [-0.25, -0.2) is 0 Å². The van der Waals surface area contributed by atoms with E-state index in [1.807, 2.05) is 6.07 Å². The summed E-state index contributed by atoms with van der Waals surface area (Å²) < 4.78 is 10.7. The first kappa shape index (κ1) is 9.74. The molecule has 1 aromatic rings. The maximum absolute atomic E-state index is 5.71. The first-order chi connectivity index (χ1) is 6.90. The van der Waals surface area contributed by atoms with Gasteiger partial charge in [0, 0.05) is 13.0 Å². The highest BCUT2D eigenvalue weighted by molar-refractivity contribution is 5.11. The van der Waals surface area contributed by atoms with Gasteiger partial charge in [-0.05, 0) is 38.1 Å². The van der Waals surface area contributed by atoms with Crippen LogP contribution in [0.2, 0.25) is 0 Å². The Bertz CT molecular complexity index is 277. The van der Waals surface area contributed by atoms with Crippen LogP contribution in [0, 0.1) is 0 Å². The summed E-state index contributed by atoms with van der Waals surface area (Å²) >= 11 is 0. The molecule has 3 heteroatoms. The van der Waals surface area contributed by atoms with E-state index in [4.69, 9.17) is 9.15 Å². The number of nitrogens with one attached hydrogen (secondary N) is 1. The van der Waals surface area contributed by atoms with Crippen molar-refractivity contribution in [3.8, 4) is 0 Å². The highest BCUT2D eigenvalue weighted by atomic mass is 16.5. The molecule has 2 heterocycles. The van der Waals surface area contributed by atoms with Crippen molar-refractivity contribution in [3.63, 3.8) is 0 Å². The molecule has 1 saturated heterocycles. The predicted molar refractivity (Wildman–Crippen MR) is 54.3 cm³/mol.